The van der Waals surface area contributed by atoms with E-state index >= 15 is 0 Å². The van der Waals surface area contributed by atoms with Gasteiger partial charge in [0.1, 0.15) is 5.75 Å². The second-order valence-electron chi connectivity index (χ2n) is 5.80. The molecule has 0 aliphatic heterocycles. The molecular weight excluding hydrogens is 388 g/mol. The Kier molecular flexibility index (Phi) is 7.65. The van der Waals surface area contributed by atoms with E-state index in [0.717, 1.165) is 12.8 Å². The molecule has 2 rings (SSSR count). The van der Waals surface area contributed by atoms with Crippen LogP contribution in [-0.4, -0.2) is 27.5 Å². The van der Waals surface area contributed by atoms with Crippen molar-refractivity contribution in [1.82, 2.24) is 4.72 Å². The van der Waals surface area contributed by atoms with Crippen molar-refractivity contribution < 1.29 is 17.9 Å². The fourth-order valence-electron chi connectivity index (χ4n) is 2.32. The Hall–Kier alpha value is -2.09. The minimum atomic E-state index is -3.67. The molecule has 1 amide bonds. The van der Waals surface area contributed by atoms with Crippen molar-refractivity contribution >= 4 is 33.2 Å². The van der Waals surface area contributed by atoms with Gasteiger partial charge in [-0.15, -0.1) is 0 Å². The number of unbranched alkanes of at least 4 members (excludes halogenated alkanes) is 1. The minimum Gasteiger partial charge on any atom is -0.492 e. The van der Waals surface area contributed by atoms with Crippen LogP contribution in [0, 0.1) is 0 Å². The lowest BCUT2D eigenvalue weighted by molar-refractivity contribution is 0.102. The van der Waals surface area contributed by atoms with Gasteiger partial charge in [0.2, 0.25) is 10.0 Å². The van der Waals surface area contributed by atoms with Gasteiger partial charge in [-0.25, -0.2) is 13.1 Å². The molecule has 0 bridgehead atoms. The average molecular weight is 411 g/mol. The lowest BCUT2D eigenvalue weighted by atomic mass is 10.2. The van der Waals surface area contributed by atoms with E-state index in [1.54, 1.807) is 24.3 Å². The molecule has 2 N–H and O–H groups in total. The van der Waals surface area contributed by atoms with Crippen LogP contribution in [0.3, 0.4) is 0 Å². The molecule has 0 aromatic heterocycles. The largest absolute Gasteiger partial charge is 0.492 e. The van der Waals surface area contributed by atoms with Crippen molar-refractivity contribution in [2.45, 2.75) is 31.6 Å². The highest BCUT2D eigenvalue weighted by Gasteiger charge is 2.18. The topological polar surface area (TPSA) is 84.5 Å². The predicted molar refractivity (Wildman–Crippen MR) is 107 cm³/mol. The van der Waals surface area contributed by atoms with E-state index < -0.39 is 10.0 Å². The standard InChI is InChI=1S/C19H23ClN2O4S/c1-3-5-12-21-27(24,25)16-10-11-18(26-4-2)17(13-16)22-19(23)14-6-8-15(20)9-7-14/h6-11,13,21H,3-5,12H2,1-2H3,(H,22,23). The van der Waals surface area contributed by atoms with Gasteiger partial charge in [-0.3, -0.25) is 4.79 Å². The van der Waals surface area contributed by atoms with Crippen LogP contribution in [0.1, 0.15) is 37.0 Å². The van der Waals surface area contributed by atoms with Gasteiger partial charge in [0.25, 0.3) is 5.91 Å². The fourth-order valence-corrected chi connectivity index (χ4v) is 3.54. The second-order valence-corrected chi connectivity index (χ2v) is 8.01. The quantitative estimate of drug-likeness (QED) is 0.610. The summed E-state index contributed by atoms with van der Waals surface area (Å²) in [7, 11) is -3.67. The maximum Gasteiger partial charge on any atom is 0.255 e. The Morgan fingerprint density at radius 3 is 2.44 bits per heavy atom. The van der Waals surface area contributed by atoms with E-state index in [-0.39, 0.29) is 16.5 Å². The molecular formula is C19H23ClN2O4S. The number of sulfonamides is 1. The lowest BCUT2D eigenvalue weighted by Gasteiger charge is -2.14. The summed E-state index contributed by atoms with van der Waals surface area (Å²) in [6.07, 6.45) is 1.63. The Balaban J connectivity index is 2.29. The third-order valence-electron chi connectivity index (χ3n) is 3.74. The van der Waals surface area contributed by atoms with E-state index in [1.165, 1.54) is 18.2 Å². The van der Waals surface area contributed by atoms with Crippen molar-refractivity contribution in [3.63, 3.8) is 0 Å². The molecule has 0 fully saturated rings. The van der Waals surface area contributed by atoms with E-state index in [2.05, 4.69) is 10.0 Å². The van der Waals surface area contributed by atoms with Crippen LogP contribution < -0.4 is 14.8 Å². The van der Waals surface area contributed by atoms with Crippen LogP contribution in [0.5, 0.6) is 5.75 Å². The van der Waals surface area contributed by atoms with Crippen LogP contribution in [0.15, 0.2) is 47.4 Å². The van der Waals surface area contributed by atoms with Crippen molar-refractivity contribution in [2.24, 2.45) is 0 Å². The average Bonchev–Trinajstić information content (AvgIpc) is 2.64. The number of nitrogens with one attached hydrogen (secondary N) is 2. The Labute approximate surface area is 164 Å². The molecule has 6 nitrogen and oxygen atoms in total. The highest BCUT2D eigenvalue weighted by atomic mass is 35.5. The van der Waals surface area contributed by atoms with Gasteiger partial charge in [0.15, 0.2) is 0 Å². The zero-order valence-corrected chi connectivity index (χ0v) is 16.9. The molecule has 0 spiro atoms. The summed E-state index contributed by atoms with van der Waals surface area (Å²) in [4.78, 5) is 12.5. The lowest BCUT2D eigenvalue weighted by Crippen LogP contribution is -2.25. The summed E-state index contributed by atoms with van der Waals surface area (Å²) in [5.41, 5.74) is 0.686. The normalized spacial score (nSPS) is 11.2. The summed E-state index contributed by atoms with van der Waals surface area (Å²) >= 11 is 5.84. The van der Waals surface area contributed by atoms with Crippen molar-refractivity contribution in [3.05, 3.63) is 53.1 Å². The summed E-state index contributed by atoms with van der Waals surface area (Å²) in [6.45, 7) is 4.53. The number of amides is 1. The summed E-state index contributed by atoms with van der Waals surface area (Å²) < 4.78 is 32.9. The van der Waals surface area contributed by atoms with Crippen LogP contribution >= 0.6 is 11.6 Å². The molecule has 0 aliphatic rings. The fraction of sp³-hybridized carbons (Fsp3) is 0.316. The first-order valence-electron chi connectivity index (χ1n) is 8.70. The molecule has 0 aliphatic carbocycles. The Morgan fingerprint density at radius 2 is 1.81 bits per heavy atom. The first-order valence-corrected chi connectivity index (χ1v) is 10.6. The maximum atomic E-state index is 12.5. The monoisotopic (exact) mass is 410 g/mol. The number of ether oxygens (including phenoxy) is 1. The number of hydrogen-bond donors (Lipinski definition) is 2. The molecule has 0 unspecified atom stereocenters. The molecule has 2 aromatic carbocycles. The van der Waals surface area contributed by atoms with E-state index in [1.807, 2.05) is 13.8 Å². The third kappa shape index (κ3) is 5.95. The van der Waals surface area contributed by atoms with Crippen LogP contribution in [0.4, 0.5) is 5.69 Å². The second kappa shape index (κ2) is 9.73. The molecule has 2 aromatic rings. The summed E-state index contributed by atoms with van der Waals surface area (Å²) in [5, 5.41) is 3.23. The Morgan fingerprint density at radius 1 is 1.11 bits per heavy atom. The molecule has 27 heavy (non-hydrogen) atoms. The number of anilines is 1. The van der Waals surface area contributed by atoms with Gasteiger partial charge < -0.3 is 10.1 Å². The van der Waals surface area contributed by atoms with E-state index in [0.29, 0.717) is 29.5 Å². The van der Waals surface area contributed by atoms with Gasteiger partial charge >= 0.3 is 0 Å². The van der Waals surface area contributed by atoms with Gasteiger partial charge in [-0.1, -0.05) is 24.9 Å². The van der Waals surface area contributed by atoms with Gasteiger partial charge in [0.05, 0.1) is 17.2 Å². The predicted octanol–water partition coefficient (Wildman–Crippen LogP) is 4.07. The van der Waals surface area contributed by atoms with E-state index in [4.69, 9.17) is 16.3 Å². The molecule has 0 saturated heterocycles. The number of benzene rings is 2. The van der Waals surface area contributed by atoms with Crippen LogP contribution in [-0.2, 0) is 10.0 Å². The first-order chi connectivity index (χ1) is 12.9. The summed E-state index contributed by atoms with van der Waals surface area (Å²) in [5.74, 6) is 0.00781. The number of carbonyl (C=O) groups excluding carboxylic acids is 1. The molecule has 0 radical (unpaired) electrons. The zero-order chi connectivity index (χ0) is 19.9. The van der Waals surface area contributed by atoms with E-state index in [9.17, 15) is 13.2 Å². The SMILES string of the molecule is CCCCNS(=O)(=O)c1ccc(OCC)c(NC(=O)c2ccc(Cl)cc2)c1. The number of carbonyl (C=O) groups is 1. The number of hydrogen-bond acceptors (Lipinski definition) is 4. The first kappa shape index (κ1) is 21.2. The smallest absolute Gasteiger partial charge is 0.255 e. The van der Waals surface area contributed by atoms with Crippen molar-refractivity contribution in [3.8, 4) is 5.75 Å². The zero-order valence-electron chi connectivity index (χ0n) is 15.3. The number of halogens is 1. The van der Waals surface area contributed by atoms with Gasteiger partial charge in [0, 0.05) is 17.1 Å². The molecule has 0 atom stereocenters. The van der Waals surface area contributed by atoms with Crippen LogP contribution in [0.2, 0.25) is 5.02 Å². The minimum absolute atomic E-state index is 0.0634. The van der Waals surface area contributed by atoms with Crippen molar-refractivity contribution in [2.75, 3.05) is 18.5 Å². The molecule has 0 saturated carbocycles. The van der Waals surface area contributed by atoms with Gasteiger partial charge in [-0.05, 0) is 55.8 Å². The third-order valence-corrected chi connectivity index (χ3v) is 5.45. The highest BCUT2D eigenvalue weighted by molar-refractivity contribution is 7.89. The molecule has 0 heterocycles. The molecule has 146 valence electrons. The van der Waals surface area contributed by atoms with Gasteiger partial charge in [-0.2, -0.15) is 0 Å². The summed E-state index contributed by atoms with van der Waals surface area (Å²) in [6, 6.07) is 10.8. The molecule has 8 heteroatoms. The maximum absolute atomic E-state index is 12.5. The Bertz CT molecular complexity index is 883. The highest BCUT2D eigenvalue weighted by Crippen LogP contribution is 2.28. The van der Waals surface area contributed by atoms with Crippen molar-refractivity contribution in [1.29, 1.82) is 0 Å². The number of rotatable bonds is 9. The van der Waals surface area contributed by atoms with Crippen LogP contribution in [0.25, 0.3) is 0 Å².